The normalized spacial score (nSPS) is 15.2. The Morgan fingerprint density at radius 1 is 1.27 bits per heavy atom. The number of halogens is 1. The van der Waals surface area contributed by atoms with Gasteiger partial charge in [-0.3, -0.25) is 14.9 Å². The van der Waals surface area contributed by atoms with Gasteiger partial charge in [0.2, 0.25) is 0 Å². The van der Waals surface area contributed by atoms with Gasteiger partial charge >= 0.3 is 0 Å². The third kappa shape index (κ3) is 4.30. The lowest BCUT2D eigenvalue weighted by atomic mass is 10.1. The van der Waals surface area contributed by atoms with Crippen molar-refractivity contribution < 1.29 is 14.5 Å². The zero-order chi connectivity index (χ0) is 18.7. The van der Waals surface area contributed by atoms with E-state index in [0.717, 1.165) is 21.8 Å². The Kier molecular flexibility index (Phi) is 5.38. The van der Waals surface area contributed by atoms with Gasteiger partial charge in [-0.05, 0) is 53.7 Å². The van der Waals surface area contributed by atoms with Crippen LogP contribution in [0.3, 0.4) is 0 Å². The Balaban J connectivity index is 1.79. The van der Waals surface area contributed by atoms with E-state index in [4.69, 9.17) is 10.5 Å². The molecular weight excluding hydrogens is 422 g/mol. The standard InChI is InChI=1S/C17H12BrN3O4S/c18-12-3-6-14(11(7-12)8-15-16(22)20-17(19)26-15)25-9-10-1-4-13(5-2-10)21(23)24/h1-8H,9H2,(H2,19,20,22). The Hall–Kier alpha value is -2.65. The maximum Gasteiger partial charge on any atom is 0.286 e. The number of hydrogen-bond donors (Lipinski definition) is 1. The monoisotopic (exact) mass is 433 g/mol. The molecule has 2 aromatic carbocycles. The predicted molar refractivity (Wildman–Crippen MR) is 104 cm³/mol. The van der Waals surface area contributed by atoms with Gasteiger partial charge in [-0.2, -0.15) is 4.99 Å². The minimum Gasteiger partial charge on any atom is -0.488 e. The number of thioether (sulfide) groups is 1. The van der Waals surface area contributed by atoms with Crippen LogP contribution in [0, 0.1) is 10.1 Å². The summed E-state index contributed by atoms with van der Waals surface area (Å²) in [7, 11) is 0. The smallest absolute Gasteiger partial charge is 0.286 e. The summed E-state index contributed by atoms with van der Waals surface area (Å²) in [6.45, 7) is 0.232. The van der Waals surface area contributed by atoms with Crippen LogP contribution in [0.25, 0.3) is 6.08 Å². The molecule has 0 unspecified atom stereocenters. The van der Waals surface area contributed by atoms with E-state index < -0.39 is 4.92 Å². The van der Waals surface area contributed by atoms with Gasteiger partial charge in [0.1, 0.15) is 12.4 Å². The number of amidine groups is 1. The van der Waals surface area contributed by atoms with Gasteiger partial charge in [0.15, 0.2) is 5.17 Å². The molecule has 7 nitrogen and oxygen atoms in total. The van der Waals surface area contributed by atoms with Gasteiger partial charge in [-0.1, -0.05) is 15.9 Å². The summed E-state index contributed by atoms with van der Waals surface area (Å²) >= 11 is 4.50. The summed E-state index contributed by atoms with van der Waals surface area (Å²) in [4.78, 5) is 26.1. The van der Waals surface area contributed by atoms with Crippen molar-refractivity contribution in [1.82, 2.24) is 0 Å². The summed E-state index contributed by atoms with van der Waals surface area (Å²) in [5.74, 6) is 0.187. The van der Waals surface area contributed by atoms with Gasteiger partial charge in [-0.15, -0.1) is 0 Å². The van der Waals surface area contributed by atoms with Gasteiger partial charge in [0.05, 0.1) is 9.83 Å². The van der Waals surface area contributed by atoms with Crippen molar-refractivity contribution in [2.45, 2.75) is 6.61 Å². The van der Waals surface area contributed by atoms with Gasteiger partial charge in [-0.25, -0.2) is 0 Å². The lowest BCUT2D eigenvalue weighted by molar-refractivity contribution is -0.384. The fraction of sp³-hybridized carbons (Fsp3) is 0.0588. The largest absolute Gasteiger partial charge is 0.488 e. The summed E-state index contributed by atoms with van der Waals surface area (Å²) in [6, 6.07) is 11.5. The topological polar surface area (TPSA) is 108 Å². The molecule has 26 heavy (non-hydrogen) atoms. The molecule has 0 bridgehead atoms. The molecule has 0 spiro atoms. The lowest BCUT2D eigenvalue weighted by Gasteiger charge is -2.10. The number of benzene rings is 2. The number of ether oxygens (including phenoxy) is 1. The Morgan fingerprint density at radius 2 is 2.00 bits per heavy atom. The van der Waals surface area contributed by atoms with Crippen LogP contribution in [-0.4, -0.2) is 16.0 Å². The number of carbonyl (C=O) groups is 1. The van der Waals surface area contributed by atoms with Crippen molar-refractivity contribution in [3.8, 4) is 5.75 Å². The summed E-state index contributed by atoms with van der Waals surface area (Å²) in [5, 5.41) is 10.9. The highest BCUT2D eigenvalue weighted by atomic mass is 79.9. The number of aliphatic imine (C=N–C) groups is 1. The third-order valence-electron chi connectivity index (χ3n) is 3.44. The van der Waals surface area contributed by atoms with Crippen LogP contribution >= 0.6 is 27.7 Å². The van der Waals surface area contributed by atoms with E-state index in [0.29, 0.717) is 16.2 Å². The van der Waals surface area contributed by atoms with Crippen LogP contribution in [0.5, 0.6) is 5.75 Å². The maximum absolute atomic E-state index is 11.8. The average Bonchev–Trinajstić information content (AvgIpc) is 2.92. The molecule has 0 radical (unpaired) electrons. The molecular formula is C17H12BrN3O4S. The van der Waals surface area contributed by atoms with Crippen LogP contribution in [0.1, 0.15) is 11.1 Å². The first-order valence-corrected chi connectivity index (χ1v) is 8.97. The predicted octanol–water partition coefficient (Wildman–Crippen LogP) is 3.87. The molecule has 0 aromatic heterocycles. The Morgan fingerprint density at radius 3 is 2.62 bits per heavy atom. The molecule has 132 valence electrons. The first-order valence-electron chi connectivity index (χ1n) is 7.36. The van der Waals surface area contributed by atoms with Gasteiger partial charge in [0.25, 0.3) is 11.6 Å². The van der Waals surface area contributed by atoms with Crippen molar-refractivity contribution in [1.29, 1.82) is 0 Å². The van der Waals surface area contributed by atoms with E-state index in [1.807, 2.05) is 12.1 Å². The van der Waals surface area contributed by atoms with Gasteiger partial charge < -0.3 is 10.5 Å². The molecule has 1 heterocycles. The van der Waals surface area contributed by atoms with E-state index in [9.17, 15) is 14.9 Å². The molecule has 0 aliphatic carbocycles. The number of non-ortho nitro benzene ring substituents is 1. The molecule has 2 N–H and O–H groups in total. The van der Waals surface area contributed by atoms with E-state index in [1.165, 1.54) is 12.1 Å². The highest BCUT2D eigenvalue weighted by molar-refractivity contribution is 9.10. The quantitative estimate of drug-likeness (QED) is 0.435. The molecule has 1 amide bonds. The van der Waals surface area contributed by atoms with Crippen molar-refractivity contribution in [3.63, 3.8) is 0 Å². The second-order valence-electron chi connectivity index (χ2n) is 5.26. The molecule has 1 aliphatic rings. The lowest BCUT2D eigenvalue weighted by Crippen LogP contribution is -2.01. The number of nitro groups is 1. The second kappa shape index (κ2) is 7.71. The molecule has 3 rings (SSSR count). The van der Waals surface area contributed by atoms with E-state index in [-0.39, 0.29) is 23.4 Å². The number of nitrogens with zero attached hydrogens (tertiary/aromatic N) is 2. The van der Waals surface area contributed by atoms with Crippen LogP contribution in [-0.2, 0) is 11.4 Å². The van der Waals surface area contributed by atoms with Crippen molar-refractivity contribution in [2.75, 3.05) is 0 Å². The van der Waals surface area contributed by atoms with Crippen LogP contribution in [0.15, 0.2) is 56.8 Å². The summed E-state index contributed by atoms with van der Waals surface area (Å²) in [6.07, 6.45) is 1.67. The number of hydrogen-bond acceptors (Lipinski definition) is 6. The van der Waals surface area contributed by atoms with E-state index in [1.54, 1.807) is 24.3 Å². The van der Waals surface area contributed by atoms with Crippen molar-refractivity contribution in [2.24, 2.45) is 10.7 Å². The average molecular weight is 434 g/mol. The third-order valence-corrected chi connectivity index (χ3v) is 4.74. The Labute approximate surface area is 161 Å². The molecule has 0 saturated heterocycles. The Bertz CT molecular complexity index is 942. The van der Waals surface area contributed by atoms with Gasteiger partial charge in [0, 0.05) is 22.2 Å². The van der Waals surface area contributed by atoms with Crippen molar-refractivity contribution in [3.05, 3.63) is 73.1 Å². The molecule has 0 atom stereocenters. The molecule has 0 saturated carbocycles. The van der Waals surface area contributed by atoms with Crippen LogP contribution < -0.4 is 10.5 Å². The number of carbonyl (C=O) groups excluding carboxylic acids is 1. The van der Waals surface area contributed by atoms with Crippen LogP contribution in [0.2, 0.25) is 0 Å². The minimum atomic E-state index is -0.451. The fourth-order valence-corrected chi connectivity index (χ4v) is 3.26. The summed E-state index contributed by atoms with van der Waals surface area (Å²) < 4.78 is 6.66. The highest BCUT2D eigenvalue weighted by Gasteiger charge is 2.20. The summed E-state index contributed by atoms with van der Waals surface area (Å²) in [5.41, 5.74) is 7.08. The van der Waals surface area contributed by atoms with Crippen molar-refractivity contribution >= 4 is 50.5 Å². The van der Waals surface area contributed by atoms with E-state index >= 15 is 0 Å². The number of amides is 1. The number of nitro benzene ring substituents is 1. The first kappa shape index (κ1) is 18.2. The van der Waals surface area contributed by atoms with Crippen LogP contribution in [0.4, 0.5) is 5.69 Å². The molecule has 0 fully saturated rings. The molecule has 2 aromatic rings. The number of nitrogens with two attached hydrogens (primary N) is 1. The molecule has 9 heteroatoms. The number of rotatable bonds is 5. The minimum absolute atomic E-state index is 0.0252. The SMILES string of the molecule is NC1=NC(=O)C(=Cc2cc(Br)ccc2OCc2ccc([N+](=O)[O-])cc2)S1. The molecule has 1 aliphatic heterocycles. The maximum atomic E-state index is 11.8. The first-order chi connectivity index (χ1) is 12.4. The zero-order valence-electron chi connectivity index (χ0n) is 13.2. The second-order valence-corrected chi connectivity index (χ2v) is 7.24. The fourth-order valence-electron chi connectivity index (χ4n) is 2.21. The zero-order valence-corrected chi connectivity index (χ0v) is 15.6. The highest BCUT2D eigenvalue weighted by Crippen LogP contribution is 2.31. The van der Waals surface area contributed by atoms with E-state index in [2.05, 4.69) is 20.9 Å².